The van der Waals surface area contributed by atoms with E-state index in [2.05, 4.69) is 15.5 Å². The first kappa shape index (κ1) is 13.3. The van der Waals surface area contributed by atoms with E-state index in [0.717, 1.165) is 11.3 Å². The third kappa shape index (κ3) is 2.50. The molecule has 0 atom stereocenters. The minimum atomic E-state index is -0.326. The lowest BCUT2D eigenvalue weighted by molar-refractivity contribution is 0.0952. The molecule has 3 rings (SSSR count). The molecule has 106 valence electrons. The van der Waals surface area contributed by atoms with Crippen LogP contribution in [-0.2, 0) is 6.54 Å². The summed E-state index contributed by atoms with van der Waals surface area (Å²) in [6.07, 6.45) is 1.68. The van der Waals surface area contributed by atoms with Crippen molar-refractivity contribution >= 4 is 16.7 Å². The van der Waals surface area contributed by atoms with E-state index in [9.17, 15) is 9.18 Å². The van der Waals surface area contributed by atoms with Crippen LogP contribution in [0.5, 0.6) is 0 Å². The maximum absolute atomic E-state index is 13.7. The normalized spacial score (nSPS) is 10.8. The summed E-state index contributed by atoms with van der Waals surface area (Å²) in [5, 5.41) is 10.6. The number of H-pyrrole nitrogens is 1. The Morgan fingerprint density at radius 2 is 2.00 bits per heavy atom. The van der Waals surface area contributed by atoms with E-state index in [-0.39, 0.29) is 11.7 Å². The lowest BCUT2D eigenvalue weighted by Gasteiger charge is -2.08. The van der Waals surface area contributed by atoms with Gasteiger partial charge in [-0.05, 0) is 24.4 Å². The molecule has 2 aromatic carbocycles. The molecular formula is C16H14FN3O. The first-order valence-electron chi connectivity index (χ1n) is 6.61. The van der Waals surface area contributed by atoms with Gasteiger partial charge in [0, 0.05) is 28.8 Å². The number of hydrogen-bond acceptors (Lipinski definition) is 2. The second-order valence-corrected chi connectivity index (χ2v) is 4.84. The third-order valence-corrected chi connectivity index (χ3v) is 3.49. The molecule has 3 aromatic rings. The molecular weight excluding hydrogens is 269 g/mol. The standard InChI is InChI=1S/C16H14FN3O/c1-10-11(9-19-20-10)8-18-16(21)14-6-7-15(17)13-5-3-2-4-12(13)14/h2-7,9H,8H2,1H3,(H,18,21)(H,19,20). The van der Waals surface area contributed by atoms with Crippen molar-refractivity contribution in [1.29, 1.82) is 0 Å². The monoisotopic (exact) mass is 283 g/mol. The molecule has 0 saturated carbocycles. The average Bonchev–Trinajstić information content (AvgIpc) is 2.91. The molecule has 21 heavy (non-hydrogen) atoms. The summed E-state index contributed by atoms with van der Waals surface area (Å²) in [7, 11) is 0. The zero-order valence-electron chi connectivity index (χ0n) is 11.5. The zero-order valence-corrected chi connectivity index (χ0v) is 11.5. The van der Waals surface area contributed by atoms with Gasteiger partial charge in [-0.2, -0.15) is 5.10 Å². The molecule has 0 bridgehead atoms. The van der Waals surface area contributed by atoms with Crippen LogP contribution in [0.1, 0.15) is 21.6 Å². The lowest BCUT2D eigenvalue weighted by Crippen LogP contribution is -2.23. The number of nitrogens with zero attached hydrogens (tertiary/aromatic N) is 1. The van der Waals surface area contributed by atoms with Crippen LogP contribution in [0.3, 0.4) is 0 Å². The van der Waals surface area contributed by atoms with Crippen LogP contribution in [-0.4, -0.2) is 16.1 Å². The van der Waals surface area contributed by atoms with Crippen LogP contribution in [0.15, 0.2) is 42.6 Å². The smallest absolute Gasteiger partial charge is 0.252 e. The minimum absolute atomic E-state index is 0.230. The van der Waals surface area contributed by atoms with Gasteiger partial charge in [0.25, 0.3) is 5.91 Å². The topological polar surface area (TPSA) is 57.8 Å². The molecule has 5 heteroatoms. The zero-order chi connectivity index (χ0) is 14.8. The van der Waals surface area contributed by atoms with E-state index < -0.39 is 0 Å². The Morgan fingerprint density at radius 3 is 2.71 bits per heavy atom. The van der Waals surface area contributed by atoms with Crippen molar-refractivity contribution < 1.29 is 9.18 Å². The summed E-state index contributed by atoms with van der Waals surface area (Å²) in [6.45, 7) is 2.27. The van der Waals surface area contributed by atoms with Crippen molar-refractivity contribution in [3.8, 4) is 0 Å². The van der Waals surface area contributed by atoms with Gasteiger partial charge in [-0.25, -0.2) is 4.39 Å². The minimum Gasteiger partial charge on any atom is -0.348 e. The molecule has 0 radical (unpaired) electrons. The van der Waals surface area contributed by atoms with Gasteiger partial charge in [0.05, 0.1) is 6.20 Å². The Labute approximate surface area is 121 Å². The van der Waals surface area contributed by atoms with Gasteiger partial charge in [0.15, 0.2) is 0 Å². The highest BCUT2D eigenvalue weighted by atomic mass is 19.1. The summed E-state index contributed by atoms with van der Waals surface area (Å²) < 4.78 is 13.7. The van der Waals surface area contributed by atoms with Gasteiger partial charge in [0.1, 0.15) is 5.82 Å². The molecule has 1 aromatic heterocycles. The summed E-state index contributed by atoms with van der Waals surface area (Å²) in [5.74, 6) is -0.556. The highest BCUT2D eigenvalue weighted by Gasteiger charge is 2.12. The Balaban J connectivity index is 1.88. The molecule has 0 aliphatic rings. The van der Waals surface area contributed by atoms with Gasteiger partial charge in [-0.3, -0.25) is 9.89 Å². The number of carbonyl (C=O) groups is 1. The molecule has 1 amide bonds. The van der Waals surface area contributed by atoms with Crippen molar-refractivity contribution in [2.45, 2.75) is 13.5 Å². The van der Waals surface area contributed by atoms with E-state index in [0.29, 0.717) is 22.9 Å². The molecule has 0 saturated heterocycles. The van der Waals surface area contributed by atoms with Gasteiger partial charge >= 0.3 is 0 Å². The quantitative estimate of drug-likeness (QED) is 0.776. The van der Waals surface area contributed by atoms with Crippen molar-refractivity contribution in [2.75, 3.05) is 0 Å². The van der Waals surface area contributed by atoms with E-state index in [1.807, 2.05) is 6.92 Å². The van der Waals surface area contributed by atoms with Crippen LogP contribution >= 0.6 is 0 Å². The molecule has 2 N–H and O–H groups in total. The number of halogens is 1. The molecule has 0 aliphatic heterocycles. The molecule has 0 aliphatic carbocycles. The van der Waals surface area contributed by atoms with Crippen LogP contribution in [0.4, 0.5) is 4.39 Å². The summed E-state index contributed by atoms with van der Waals surface area (Å²) in [6, 6.07) is 9.79. The second kappa shape index (κ2) is 5.36. The number of aromatic amines is 1. The van der Waals surface area contributed by atoms with Crippen LogP contribution in [0.2, 0.25) is 0 Å². The largest absolute Gasteiger partial charge is 0.348 e. The number of rotatable bonds is 3. The Hall–Kier alpha value is -2.69. The fourth-order valence-corrected chi connectivity index (χ4v) is 2.28. The second-order valence-electron chi connectivity index (χ2n) is 4.84. The first-order chi connectivity index (χ1) is 10.2. The number of carbonyl (C=O) groups excluding carboxylic acids is 1. The number of aromatic nitrogens is 2. The fourth-order valence-electron chi connectivity index (χ4n) is 2.28. The van der Waals surface area contributed by atoms with E-state index in [1.165, 1.54) is 12.1 Å². The van der Waals surface area contributed by atoms with Crippen molar-refractivity contribution in [2.24, 2.45) is 0 Å². The molecule has 0 spiro atoms. The Morgan fingerprint density at radius 1 is 1.24 bits per heavy atom. The van der Waals surface area contributed by atoms with E-state index >= 15 is 0 Å². The molecule has 0 fully saturated rings. The number of nitrogens with one attached hydrogen (secondary N) is 2. The molecule has 0 unspecified atom stereocenters. The predicted octanol–water partition coefficient (Wildman–Crippen LogP) is 2.94. The SMILES string of the molecule is Cc1[nH]ncc1CNC(=O)c1ccc(F)c2ccccc12. The van der Waals surface area contributed by atoms with Gasteiger partial charge in [-0.15, -0.1) is 0 Å². The van der Waals surface area contributed by atoms with Crippen molar-refractivity contribution in [1.82, 2.24) is 15.5 Å². The number of amides is 1. The number of aryl methyl sites for hydroxylation is 1. The molecule has 1 heterocycles. The average molecular weight is 283 g/mol. The maximum atomic E-state index is 13.7. The Kier molecular flexibility index (Phi) is 3.39. The lowest BCUT2D eigenvalue weighted by atomic mass is 10.0. The fraction of sp³-hybridized carbons (Fsp3) is 0.125. The van der Waals surface area contributed by atoms with Gasteiger partial charge in [0.2, 0.25) is 0 Å². The molecule has 4 nitrogen and oxygen atoms in total. The maximum Gasteiger partial charge on any atom is 0.252 e. The van der Waals surface area contributed by atoms with E-state index in [4.69, 9.17) is 0 Å². The summed E-state index contributed by atoms with van der Waals surface area (Å²) in [4.78, 5) is 12.3. The number of benzene rings is 2. The van der Waals surface area contributed by atoms with Crippen LogP contribution in [0, 0.1) is 12.7 Å². The summed E-state index contributed by atoms with van der Waals surface area (Å²) >= 11 is 0. The predicted molar refractivity (Wildman–Crippen MR) is 78.4 cm³/mol. The number of fused-ring (bicyclic) bond motifs is 1. The van der Waals surface area contributed by atoms with Crippen molar-refractivity contribution in [3.05, 3.63) is 65.2 Å². The van der Waals surface area contributed by atoms with Crippen LogP contribution < -0.4 is 5.32 Å². The highest BCUT2D eigenvalue weighted by molar-refractivity contribution is 6.07. The van der Waals surface area contributed by atoms with Gasteiger partial charge < -0.3 is 5.32 Å². The van der Waals surface area contributed by atoms with Gasteiger partial charge in [-0.1, -0.05) is 24.3 Å². The first-order valence-corrected chi connectivity index (χ1v) is 6.61. The van der Waals surface area contributed by atoms with Crippen LogP contribution in [0.25, 0.3) is 10.8 Å². The Bertz CT molecular complexity index is 810. The third-order valence-electron chi connectivity index (χ3n) is 3.49. The highest BCUT2D eigenvalue weighted by Crippen LogP contribution is 2.21. The summed E-state index contributed by atoms with van der Waals surface area (Å²) in [5.41, 5.74) is 2.31. The van der Waals surface area contributed by atoms with E-state index in [1.54, 1.807) is 30.5 Å². The number of hydrogen-bond donors (Lipinski definition) is 2. The van der Waals surface area contributed by atoms with Crippen molar-refractivity contribution in [3.63, 3.8) is 0 Å².